The summed E-state index contributed by atoms with van der Waals surface area (Å²) in [5.74, 6) is -0.145. The molecule has 4 nitrogen and oxygen atoms in total. The first-order valence-electron chi connectivity index (χ1n) is 7.41. The Kier molecular flexibility index (Phi) is 3.89. The Bertz CT molecular complexity index is 584. The lowest BCUT2D eigenvalue weighted by Crippen LogP contribution is -2.37. The first-order valence-corrected chi connectivity index (χ1v) is 7.79. The van der Waals surface area contributed by atoms with E-state index in [1.165, 1.54) is 12.8 Å². The largest absolute Gasteiger partial charge is 0.355 e. The van der Waals surface area contributed by atoms with Crippen molar-refractivity contribution in [1.82, 2.24) is 5.32 Å². The summed E-state index contributed by atoms with van der Waals surface area (Å²) >= 11 is 5.95. The summed E-state index contributed by atoms with van der Waals surface area (Å²) in [5.41, 5.74) is 1.80. The Morgan fingerprint density at radius 2 is 2.14 bits per heavy atom. The minimum absolute atomic E-state index is 0.103. The lowest BCUT2D eigenvalue weighted by atomic mass is 10.1. The van der Waals surface area contributed by atoms with Crippen molar-refractivity contribution in [2.24, 2.45) is 11.8 Å². The first-order chi connectivity index (χ1) is 10.1. The highest BCUT2D eigenvalue weighted by molar-refractivity contribution is 6.30. The standard InChI is InChI=1S/C16H19ClN2O2/c1-10-8-12(17)4-5-14(10)19-7-6-13(16(19)21)15(20)18-9-11-2-3-11/h4-5,8,11,13H,2-3,6-7,9H2,1H3,(H,18,20). The molecule has 2 aliphatic rings. The van der Waals surface area contributed by atoms with Crippen molar-refractivity contribution in [3.63, 3.8) is 0 Å². The summed E-state index contributed by atoms with van der Waals surface area (Å²) in [6, 6.07) is 5.46. The summed E-state index contributed by atoms with van der Waals surface area (Å²) in [6.45, 7) is 3.22. The number of hydrogen-bond acceptors (Lipinski definition) is 2. The van der Waals surface area contributed by atoms with Crippen LogP contribution in [0.25, 0.3) is 0 Å². The maximum Gasteiger partial charge on any atom is 0.239 e. The number of benzene rings is 1. The Hall–Kier alpha value is -1.55. The van der Waals surface area contributed by atoms with Gasteiger partial charge in [0.05, 0.1) is 0 Å². The van der Waals surface area contributed by atoms with Gasteiger partial charge in [0.2, 0.25) is 11.8 Å². The molecule has 1 aromatic rings. The molecule has 3 rings (SSSR count). The fourth-order valence-electron chi connectivity index (χ4n) is 2.77. The summed E-state index contributed by atoms with van der Waals surface area (Å²) in [7, 11) is 0. The van der Waals surface area contributed by atoms with Crippen molar-refractivity contribution in [2.45, 2.75) is 26.2 Å². The van der Waals surface area contributed by atoms with Gasteiger partial charge in [-0.15, -0.1) is 0 Å². The molecule has 1 unspecified atom stereocenters. The van der Waals surface area contributed by atoms with E-state index < -0.39 is 5.92 Å². The molecule has 1 N–H and O–H groups in total. The molecule has 2 fully saturated rings. The number of aryl methyl sites for hydroxylation is 1. The predicted octanol–water partition coefficient (Wildman–Crippen LogP) is 2.53. The van der Waals surface area contributed by atoms with E-state index in [1.54, 1.807) is 11.0 Å². The number of nitrogens with zero attached hydrogens (tertiary/aromatic N) is 1. The topological polar surface area (TPSA) is 49.4 Å². The molecule has 1 atom stereocenters. The molecule has 0 spiro atoms. The highest BCUT2D eigenvalue weighted by atomic mass is 35.5. The predicted molar refractivity (Wildman–Crippen MR) is 82.4 cm³/mol. The first kappa shape index (κ1) is 14.4. The van der Waals surface area contributed by atoms with Crippen LogP contribution in [0, 0.1) is 18.8 Å². The Labute approximate surface area is 129 Å². The van der Waals surface area contributed by atoms with E-state index in [4.69, 9.17) is 11.6 Å². The van der Waals surface area contributed by atoms with Crippen molar-refractivity contribution in [3.8, 4) is 0 Å². The molecule has 5 heteroatoms. The van der Waals surface area contributed by atoms with Crippen molar-refractivity contribution < 1.29 is 9.59 Å². The third kappa shape index (κ3) is 3.05. The lowest BCUT2D eigenvalue weighted by molar-refractivity contribution is -0.132. The van der Waals surface area contributed by atoms with Gasteiger partial charge in [-0.3, -0.25) is 9.59 Å². The number of halogens is 1. The van der Waals surface area contributed by atoms with Crippen LogP contribution in [-0.2, 0) is 9.59 Å². The van der Waals surface area contributed by atoms with Gasteiger partial charge in [-0.2, -0.15) is 0 Å². The van der Waals surface area contributed by atoms with Gasteiger partial charge in [-0.1, -0.05) is 11.6 Å². The van der Waals surface area contributed by atoms with E-state index in [2.05, 4.69) is 5.32 Å². The van der Waals surface area contributed by atoms with Crippen LogP contribution in [-0.4, -0.2) is 24.9 Å². The molecular formula is C16H19ClN2O2. The molecule has 2 amide bonds. The Morgan fingerprint density at radius 3 is 2.81 bits per heavy atom. The number of nitrogens with one attached hydrogen (secondary N) is 1. The van der Waals surface area contributed by atoms with Crippen LogP contribution in [0.1, 0.15) is 24.8 Å². The summed E-state index contributed by atoms with van der Waals surface area (Å²) in [5, 5.41) is 3.56. The molecule has 0 aromatic heterocycles. The Morgan fingerprint density at radius 1 is 1.38 bits per heavy atom. The molecule has 1 aliphatic heterocycles. The van der Waals surface area contributed by atoms with Gasteiger partial charge < -0.3 is 10.2 Å². The second kappa shape index (κ2) is 5.68. The maximum atomic E-state index is 12.5. The van der Waals surface area contributed by atoms with E-state index >= 15 is 0 Å². The van der Waals surface area contributed by atoms with Crippen LogP contribution in [0.15, 0.2) is 18.2 Å². The highest BCUT2D eigenvalue weighted by Gasteiger charge is 2.38. The van der Waals surface area contributed by atoms with Crippen LogP contribution < -0.4 is 10.2 Å². The monoisotopic (exact) mass is 306 g/mol. The van der Waals surface area contributed by atoms with Gasteiger partial charge in [-0.25, -0.2) is 0 Å². The van der Waals surface area contributed by atoms with Crippen molar-refractivity contribution >= 4 is 29.1 Å². The van der Waals surface area contributed by atoms with Gasteiger partial charge in [0.25, 0.3) is 0 Å². The fourth-order valence-corrected chi connectivity index (χ4v) is 3.00. The molecule has 0 bridgehead atoms. The van der Waals surface area contributed by atoms with Crippen LogP contribution in [0.4, 0.5) is 5.69 Å². The summed E-state index contributed by atoms with van der Waals surface area (Å²) in [6.07, 6.45) is 2.96. The second-order valence-corrected chi connectivity index (χ2v) is 6.39. The second-order valence-electron chi connectivity index (χ2n) is 5.95. The lowest BCUT2D eigenvalue weighted by Gasteiger charge is -2.19. The number of carbonyl (C=O) groups excluding carboxylic acids is 2. The van der Waals surface area contributed by atoms with Crippen LogP contribution in [0.3, 0.4) is 0 Å². The van der Waals surface area contributed by atoms with Gasteiger partial charge >= 0.3 is 0 Å². The maximum absolute atomic E-state index is 12.5. The van der Waals surface area contributed by atoms with Gasteiger partial charge in [0.1, 0.15) is 5.92 Å². The third-order valence-electron chi connectivity index (χ3n) is 4.23. The minimum atomic E-state index is -0.543. The van der Waals surface area contributed by atoms with E-state index in [-0.39, 0.29) is 11.8 Å². The molecular weight excluding hydrogens is 288 g/mol. The van der Waals surface area contributed by atoms with Gasteiger partial charge in [0, 0.05) is 23.8 Å². The SMILES string of the molecule is Cc1cc(Cl)ccc1N1CCC(C(=O)NCC2CC2)C1=O. The number of anilines is 1. The highest BCUT2D eigenvalue weighted by Crippen LogP contribution is 2.30. The van der Waals surface area contributed by atoms with Gasteiger partial charge in [0.15, 0.2) is 0 Å². The number of hydrogen-bond donors (Lipinski definition) is 1. The number of carbonyl (C=O) groups is 2. The smallest absolute Gasteiger partial charge is 0.239 e. The van der Waals surface area contributed by atoms with E-state index in [0.717, 1.165) is 11.3 Å². The molecule has 1 heterocycles. The van der Waals surface area contributed by atoms with Gasteiger partial charge in [-0.05, 0) is 55.9 Å². The quantitative estimate of drug-likeness (QED) is 0.869. The minimum Gasteiger partial charge on any atom is -0.355 e. The van der Waals surface area contributed by atoms with Crippen molar-refractivity contribution in [1.29, 1.82) is 0 Å². The van der Waals surface area contributed by atoms with Crippen LogP contribution in [0.2, 0.25) is 5.02 Å². The average Bonchev–Trinajstić information content (AvgIpc) is 3.19. The van der Waals surface area contributed by atoms with E-state index in [0.29, 0.717) is 30.5 Å². The zero-order valence-corrected chi connectivity index (χ0v) is 12.8. The fraction of sp³-hybridized carbons (Fsp3) is 0.500. The normalized spacial score (nSPS) is 21.7. The van der Waals surface area contributed by atoms with Crippen LogP contribution >= 0.6 is 11.6 Å². The van der Waals surface area contributed by atoms with Crippen LogP contribution in [0.5, 0.6) is 0 Å². The molecule has 21 heavy (non-hydrogen) atoms. The van der Waals surface area contributed by atoms with E-state index in [9.17, 15) is 9.59 Å². The molecule has 112 valence electrons. The average molecular weight is 307 g/mol. The summed E-state index contributed by atoms with van der Waals surface area (Å²) < 4.78 is 0. The molecule has 1 aliphatic carbocycles. The van der Waals surface area contributed by atoms with E-state index in [1.807, 2.05) is 19.1 Å². The third-order valence-corrected chi connectivity index (χ3v) is 4.47. The molecule has 1 saturated heterocycles. The van der Waals surface area contributed by atoms with Crippen molar-refractivity contribution in [2.75, 3.05) is 18.0 Å². The molecule has 0 radical (unpaired) electrons. The Balaban J connectivity index is 1.68. The number of amides is 2. The zero-order chi connectivity index (χ0) is 15.0. The number of rotatable bonds is 4. The molecule has 1 saturated carbocycles. The summed E-state index contributed by atoms with van der Waals surface area (Å²) in [4.78, 5) is 26.3. The zero-order valence-electron chi connectivity index (χ0n) is 12.1. The van der Waals surface area contributed by atoms with Crippen molar-refractivity contribution in [3.05, 3.63) is 28.8 Å². The molecule has 1 aromatic carbocycles.